The smallest absolute Gasteiger partial charge is 0.127 e. The highest BCUT2D eigenvalue weighted by Gasteiger charge is 2.08. The van der Waals surface area contributed by atoms with E-state index in [9.17, 15) is 4.39 Å². The molecule has 1 heterocycles. The molecule has 0 saturated carbocycles. The monoisotopic (exact) mass is 251 g/mol. The zero-order valence-corrected chi connectivity index (χ0v) is 10.8. The first-order chi connectivity index (χ1) is 8.74. The number of hydrogen-bond donors (Lipinski definition) is 2. The Morgan fingerprint density at radius 1 is 1.11 bits per heavy atom. The van der Waals surface area contributed by atoms with E-state index in [-0.39, 0.29) is 5.82 Å². The normalized spacial score (nSPS) is 17.4. The number of hydrogen-bond acceptors (Lipinski definition) is 3. The molecule has 0 atom stereocenters. The molecule has 1 aromatic rings. The minimum atomic E-state index is -0.285. The molecule has 3 N–H and O–H groups in total. The van der Waals surface area contributed by atoms with Crippen molar-refractivity contribution in [2.24, 2.45) is 0 Å². The highest BCUT2D eigenvalue weighted by atomic mass is 19.1. The summed E-state index contributed by atoms with van der Waals surface area (Å²) in [6.45, 7) is 4.22. The van der Waals surface area contributed by atoms with Crippen LogP contribution in [0.3, 0.4) is 0 Å². The van der Waals surface area contributed by atoms with Gasteiger partial charge in [-0.2, -0.15) is 0 Å². The number of nitrogens with one attached hydrogen (secondary N) is 1. The van der Waals surface area contributed by atoms with Gasteiger partial charge in [0.05, 0.1) is 0 Å². The van der Waals surface area contributed by atoms with Crippen molar-refractivity contribution in [1.82, 2.24) is 4.90 Å². The van der Waals surface area contributed by atoms with Gasteiger partial charge in [0.25, 0.3) is 0 Å². The lowest BCUT2D eigenvalue weighted by atomic mass is 10.2. The molecule has 0 bridgehead atoms. The fourth-order valence-corrected chi connectivity index (χ4v) is 2.43. The average Bonchev–Trinajstić information content (AvgIpc) is 2.56. The summed E-state index contributed by atoms with van der Waals surface area (Å²) in [4.78, 5) is 2.47. The second-order valence-corrected chi connectivity index (χ2v) is 4.96. The van der Waals surface area contributed by atoms with Crippen LogP contribution in [0.5, 0.6) is 0 Å². The number of benzene rings is 1. The van der Waals surface area contributed by atoms with E-state index in [0.29, 0.717) is 5.69 Å². The molecule has 1 fully saturated rings. The van der Waals surface area contributed by atoms with Crippen LogP contribution in [-0.4, -0.2) is 31.1 Å². The molecule has 1 saturated heterocycles. The van der Waals surface area contributed by atoms with Crippen LogP contribution in [0.1, 0.15) is 25.7 Å². The molecule has 1 aliphatic rings. The molecule has 0 amide bonds. The van der Waals surface area contributed by atoms with Gasteiger partial charge in [-0.3, -0.25) is 0 Å². The topological polar surface area (TPSA) is 41.3 Å². The Hall–Kier alpha value is -1.29. The Bertz CT molecular complexity index is 353. The van der Waals surface area contributed by atoms with Crippen molar-refractivity contribution in [3.8, 4) is 0 Å². The number of anilines is 2. The van der Waals surface area contributed by atoms with E-state index in [0.717, 1.165) is 18.8 Å². The van der Waals surface area contributed by atoms with Crippen molar-refractivity contribution in [2.75, 3.05) is 37.2 Å². The van der Waals surface area contributed by atoms with Crippen LogP contribution in [-0.2, 0) is 0 Å². The molecule has 0 unspecified atom stereocenters. The van der Waals surface area contributed by atoms with Crippen LogP contribution in [0.4, 0.5) is 15.8 Å². The van der Waals surface area contributed by atoms with E-state index in [4.69, 9.17) is 5.73 Å². The Morgan fingerprint density at radius 3 is 2.50 bits per heavy atom. The maximum absolute atomic E-state index is 13.1. The summed E-state index contributed by atoms with van der Waals surface area (Å²) in [6.07, 6.45) is 5.30. The zero-order chi connectivity index (χ0) is 12.8. The van der Waals surface area contributed by atoms with Gasteiger partial charge >= 0.3 is 0 Å². The molecule has 18 heavy (non-hydrogen) atoms. The Kier molecular flexibility index (Phi) is 4.81. The molecule has 3 nitrogen and oxygen atoms in total. The molecule has 0 aliphatic carbocycles. The Labute approximate surface area is 108 Å². The van der Waals surface area contributed by atoms with E-state index in [1.165, 1.54) is 50.9 Å². The minimum absolute atomic E-state index is 0.285. The Balaban J connectivity index is 1.77. The standard InChI is InChI=1S/C14H22FN3/c15-12-9-13(16)11-14(10-12)17-5-8-18-6-3-1-2-4-7-18/h9-11,17H,1-8,16H2. The van der Waals surface area contributed by atoms with Gasteiger partial charge in [-0.15, -0.1) is 0 Å². The van der Waals surface area contributed by atoms with Crippen LogP contribution in [0.25, 0.3) is 0 Å². The highest BCUT2D eigenvalue weighted by Crippen LogP contribution is 2.15. The predicted molar refractivity (Wildman–Crippen MR) is 74.2 cm³/mol. The molecule has 1 aliphatic heterocycles. The molecular formula is C14H22FN3. The van der Waals surface area contributed by atoms with Crippen LogP contribution >= 0.6 is 0 Å². The summed E-state index contributed by atoms with van der Waals surface area (Å²) < 4.78 is 13.1. The molecular weight excluding hydrogens is 229 g/mol. The third-order valence-corrected chi connectivity index (χ3v) is 3.38. The number of halogens is 1. The first-order valence-corrected chi connectivity index (χ1v) is 6.76. The quantitative estimate of drug-likeness (QED) is 0.808. The van der Waals surface area contributed by atoms with Crippen molar-refractivity contribution in [2.45, 2.75) is 25.7 Å². The molecule has 0 aromatic heterocycles. The van der Waals surface area contributed by atoms with Crippen LogP contribution in [0, 0.1) is 5.82 Å². The summed E-state index contributed by atoms with van der Waals surface area (Å²) in [6, 6.07) is 4.59. The molecule has 0 spiro atoms. The number of likely N-dealkylation sites (tertiary alicyclic amines) is 1. The second kappa shape index (κ2) is 6.59. The van der Waals surface area contributed by atoms with E-state index in [2.05, 4.69) is 10.2 Å². The highest BCUT2D eigenvalue weighted by molar-refractivity contribution is 5.54. The van der Waals surface area contributed by atoms with Gasteiger partial charge in [-0.1, -0.05) is 12.8 Å². The van der Waals surface area contributed by atoms with Gasteiger partial charge < -0.3 is 16.0 Å². The molecule has 100 valence electrons. The van der Waals surface area contributed by atoms with Crippen LogP contribution in [0.2, 0.25) is 0 Å². The third kappa shape index (κ3) is 4.18. The second-order valence-electron chi connectivity index (χ2n) is 4.96. The van der Waals surface area contributed by atoms with E-state index in [1.54, 1.807) is 6.07 Å². The van der Waals surface area contributed by atoms with E-state index >= 15 is 0 Å². The number of nitrogens with zero attached hydrogens (tertiary/aromatic N) is 1. The SMILES string of the molecule is Nc1cc(F)cc(NCCN2CCCCCC2)c1. The number of nitrogen functional groups attached to an aromatic ring is 1. The van der Waals surface area contributed by atoms with Crippen molar-refractivity contribution in [3.63, 3.8) is 0 Å². The predicted octanol–water partition coefficient (Wildman–Crippen LogP) is 2.70. The molecule has 2 rings (SSSR count). The summed E-state index contributed by atoms with van der Waals surface area (Å²) in [7, 11) is 0. The van der Waals surface area contributed by atoms with Crippen molar-refractivity contribution >= 4 is 11.4 Å². The summed E-state index contributed by atoms with van der Waals surface area (Å²) in [5.41, 5.74) is 6.84. The minimum Gasteiger partial charge on any atom is -0.399 e. The lowest BCUT2D eigenvalue weighted by Crippen LogP contribution is -2.29. The first kappa shape index (κ1) is 13.1. The van der Waals surface area contributed by atoms with Gasteiger partial charge in [0.15, 0.2) is 0 Å². The van der Waals surface area contributed by atoms with Crippen molar-refractivity contribution in [3.05, 3.63) is 24.0 Å². The molecule has 1 aromatic carbocycles. The van der Waals surface area contributed by atoms with E-state index in [1.807, 2.05) is 0 Å². The maximum Gasteiger partial charge on any atom is 0.127 e. The molecule has 4 heteroatoms. The largest absolute Gasteiger partial charge is 0.399 e. The Morgan fingerprint density at radius 2 is 1.83 bits per heavy atom. The van der Waals surface area contributed by atoms with Gasteiger partial charge in [0.2, 0.25) is 0 Å². The van der Waals surface area contributed by atoms with E-state index < -0.39 is 0 Å². The first-order valence-electron chi connectivity index (χ1n) is 6.76. The molecule has 0 radical (unpaired) electrons. The van der Waals surface area contributed by atoms with Gasteiger partial charge in [0, 0.05) is 24.5 Å². The fourth-order valence-electron chi connectivity index (χ4n) is 2.43. The lowest BCUT2D eigenvalue weighted by molar-refractivity contribution is 0.296. The zero-order valence-electron chi connectivity index (χ0n) is 10.8. The van der Waals surface area contributed by atoms with Gasteiger partial charge in [-0.25, -0.2) is 4.39 Å². The van der Waals surface area contributed by atoms with Crippen LogP contribution in [0.15, 0.2) is 18.2 Å². The number of nitrogens with two attached hydrogens (primary N) is 1. The summed E-state index contributed by atoms with van der Waals surface area (Å²) in [5, 5.41) is 3.23. The average molecular weight is 251 g/mol. The summed E-state index contributed by atoms with van der Waals surface area (Å²) >= 11 is 0. The van der Waals surface area contributed by atoms with Crippen molar-refractivity contribution < 1.29 is 4.39 Å². The van der Waals surface area contributed by atoms with Gasteiger partial charge in [-0.05, 0) is 44.1 Å². The van der Waals surface area contributed by atoms with Crippen molar-refractivity contribution in [1.29, 1.82) is 0 Å². The fraction of sp³-hybridized carbons (Fsp3) is 0.571. The summed E-state index contributed by atoms with van der Waals surface area (Å²) in [5.74, 6) is -0.285. The maximum atomic E-state index is 13.1. The lowest BCUT2D eigenvalue weighted by Gasteiger charge is -2.20. The van der Waals surface area contributed by atoms with Gasteiger partial charge in [0.1, 0.15) is 5.82 Å². The third-order valence-electron chi connectivity index (χ3n) is 3.38. The number of rotatable bonds is 4. The van der Waals surface area contributed by atoms with Crippen LogP contribution < -0.4 is 11.1 Å².